The van der Waals surface area contributed by atoms with E-state index in [4.69, 9.17) is 28.4 Å². The lowest BCUT2D eigenvalue weighted by molar-refractivity contribution is -0.332. The van der Waals surface area contributed by atoms with E-state index in [9.17, 15) is 40.5 Å². The molecule has 0 aromatic heterocycles. The van der Waals surface area contributed by atoms with Crippen LogP contribution in [0.1, 0.15) is 206 Å². The minimum Gasteiger partial charge on any atom is -0.457 e. The first-order chi connectivity index (χ1) is 36.6. The van der Waals surface area contributed by atoms with Gasteiger partial charge in [0.2, 0.25) is 0 Å². The molecule has 11 atom stereocenters. The molecule has 2 saturated heterocycles. The van der Waals surface area contributed by atoms with E-state index in [1.54, 1.807) is 0 Å². The lowest BCUT2D eigenvalue weighted by Gasteiger charge is -2.42. The molecule has 0 saturated carbocycles. The summed E-state index contributed by atoms with van der Waals surface area (Å²) in [6.45, 7) is 3.54. The summed E-state index contributed by atoms with van der Waals surface area (Å²) in [7, 11) is 0. The molecule has 2 aliphatic rings. The van der Waals surface area contributed by atoms with Gasteiger partial charge in [0, 0.05) is 13.0 Å². The number of carbonyl (C=O) groups excluding carboxylic acids is 1. The summed E-state index contributed by atoms with van der Waals surface area (Å²) in [5.74, 6) is -0.408. The molecule has 2 heterocycles. The van der Waals surface area contributed by atoms with E-state index in [0.717, 1.165) is 70.6 Å². The lowest BCUT2D eigenvalue weighted by atomic mass is 9.98. The highest BCUT2D eigenvalue weighted by Crippen LogP contribution is 2.26. The molecule has 2 aliphatic heterocycles. The monoisotopic (exact) mass is 1060 g/mol. The number of hydrogen-bond donors (Lipinski definition) is 7. The number of aliphatic hydroxyl groups excluding tert-OH is 7. The van der Waals surface area contributed by atoms with Gasteiger partial charge in [0.1, 0.15) is 54.9 Å². The third kappa shape index (κ3) is 34.1. The summed E-state index contributed by atoms with van der Waals surface area (Å²) >= 11 is 0. The number of rotatable bonds is 47. The maximum Gasteiger partial charge on any atom is 0.306 e. The van der Waals surface area contributed by atoms with Gasteiger partial charge in [-0.1, -0.05) is 189 Å². The number of esters is 1. The highest BCUT2D eigenvalue weighted by Gasteiger charge is 2.47. The second kappa shape index (κ2) is 47.4. The predicted octanol–water partition coefficient (Wildman–Crippen LogP) is 10.6. The van der Waals surface area contributed by atoms with Crippen molar-refractivity contribution in [2.24, 2.45) is 0 Å². The molecule has 434 valence electrons. The van der Waals surface area contributed by atoms with Crippen LogP contribution < -0.4 is 0 Å². The number of allylic oxidation sites excluding steroid dienone is 12. The van der Waals surface area contributed by atoms with Crippen molar-refractivity contribution in [3.8, 4) is 0 Å². The number of unbranched alkanes of at least 4 members (excludes halogenated alkanes) is 21. The van der Waals surface area contributed by atoms with Crippen molar-refractivity contribution in [2.45, 2.75) is 274 Å². The van der Waals surface area contributed by atoms with Gasteiger partial charge in [0.15, 0.2) is 12.6 Å². The Kier molecular flexibility index (Phi) is 43.3. The Balaban J connectivity index is 1.73. The zero-order valence-corrected chi connectivity index (χ0v) is 46.5. The summed E-state index contributed by atoms with van der Waals surface area (Å²) in [5.41, 5.74) is 0. The van der Waals surface area contributed by atoms with Gasteiger partial charge in [0.25, 0.3) is 0 Å². The SMILES string of the molecule is CC/C=C\C/C=C\C/C=C\C/C=C\C/C=C\CCCCCC(=O)OC(COCCCCCCCCCCCC/C=C\CCCCCCCCCC)COC1OC(COC2OC(CO)C(O)C(O)C2O)C(O)C(O)C1O. The van der Waals surface area contributed by atoms with Crippen LogP contribution in [0.2, 0.25) is 0 Å². The van der Waals surface area contributed by atoms with Gasteiger partial charge in [-0.2, -0.15) is 0 Å². The maximum atomic E-state index is 13.1. The van der Waals surface area contributed by atoms with Crippen molar-refractivity contribution < 1.29 is 69.0 Å². The molecule has 14 heteroatoms. The van der Waals surface area contributed by atoms with Crippen LogP contribution in [0.5, 0.6) is 0 Å². The van der Waals surface area contributed by atoms with Crippen LogP contribution in [-0.4, -0.2) is 142 Å². The van der Waals surface area contributed by atoms with Crippen molar-refractivity contribution in [2.75, 3.05) is 33.0 Å². The van der Waals surface area contributed by atoms with E-state index in [2.05, 4.69) is 86.8 Å². The topological polar surface area (TPSA) is 214 Å². The quantitative estimate of drug-likeness (QED) is 0.0172. The predicted molar refractivity (Wildman–Crippen MR) is 298 cm³/mol. The van der Waals surface area contributed by atoms with Gasteiger partial charge < -0.3 is 64.2 Å². The van der Waals surface area contributed by atoms with Crippen LogP contribution in [0, 0.1) is 0 Å². The molecule has 2 rings (SSSR count). The average molecular weight is 1060 g/mol. The van der Waals surface area contributed by atoms with Crippen LogP contribution in [0.25, 0.3) is 0 Å². The Hall–Kier alpha value is -2.57. The van der Waals surface area contributed by atoms with Crippen molar-refractivity contribution in [3.63, 3.8) is 0 Å². The second-order valence-electron chi connectivity index (χ2n) is 20.4. The van der Waals surface area contributed by atoms with Gasteiger partial charge in [0.05, 0.1) is 26.4 Å². The highest BCUT2D eigenvalue weighted by atomic mass is 16.7. The Morgan fingerprint density at radius 1 is 0.453 bits per heavy atom. The standard InChI is InChI=1S/C61H106O14/c1-3-5-7-9-11-13-15-17-19-21-23-24-25-27-29-31-33-35-37-39-41-43-45-70-47-50(73-53(63)44-42-40-38-36-34-32-30-28-26-22-20-18-16-14-12-10-8-6-4-2)48-71-60-59(69)57(67)55(65)52(75-60)49-72-61-58(68)56(66)54(64)51(46-62)74-61/h6,8,12,14,18,20-21,23,26,28,32,34,50-52,54-62,64-69H,3-5,7,9-11,13,15-17,19,22,24-25,27,29-31,33,35-49H2,1-2H3/b8-6-,14-12-,20-18-,23-21-,28-26-,34-32-. The van der Waals surface area contributed by atoms with Crippen LogP contribution in [-0.2, 0) is 33.2 Å². The Morgan fingerprint density at radius 3 is 1.37 bits per heavy atom. The largest absolute Gasteiger partial charge is 0.457 e. The molecule has 11 unspecified atom stereocenters. The minimum atomic E-state index is -1.72. The molecule has 0 aromatic carbocycles. The highest BCUT2D eigenvalue weighted by molar-refractivity contribution is 5.69. The molecule has 7 N–H and O–H groups in total. The summed E-state index contributed by atoms with van der Waals surface area (Å²) in [4.78, 5) is 13.1. The van der Waals surface area contributed by atoms with Crippen LogP contribution >= 0.6 is 0 Å². The number of aliphatic hydroxyl groups is 7. The fourth-order valence-corrected chi connectivity index (χ4v) is 8.95. The second-order valence-corrected chi connectivity index (χ2v) is 20.4. The molecule has 0 aliphatic carbocycles. The normalized spacial score (nSPS) is 25.1. The van der Waals surface area contributed by atoms with Crippen molar-refractivity contribution in [1.82, 2.24) is 0 Å². The molecule has 14 nitrogen and oxygen atoms in total. The maximum absolute atomic E-state index is 13.1. The molecule has 75 heavy (non-hydrogen) atoms. The Morgan fingerprint density at radius 2 is 0.867 bits per heavy atom. The first-order valence-corrected chi connectivity index (χ1v) is 29.5. The summed E-state index contributed by atoms with van der Waals surface area (Å²) in [6, 6.07) is 0. The summed E-state index contributed by atoms with van der Waals surface area (Å²) in [6.07, 6.45) is 43.9. The smallest absolute Gasteiger partial charge is 0.306 e. The lowest BCUT2D eigenvalue weighted by Crippen LogP contribution is -2.61. The molecule has 0 aromatic rings. The van der Waals surface area contributed by atoms with E-state index in [-0.39, 0.29) is 19.6 Å². The zero-order chi connectivity index (χ0) is 54.4. The van der Waals surface area contributed by atoms with E-state index in [1.165, 1.54) is 109 Å². The van der Waals surface area contributed by atoms with Gasteiger partial charge in [-0.05, 0) is 83.5 Å². The average Bonchev–Trinajstić information content (AvgIpc) is 3.41. The molecular weight excluding hydrogens is 957 g/mol. The summed E-state index contributed by atoms with van der Waals surface area (Å²) in [5, 5.41) is 72.4. The summed E-state index contributed by atoms with van der Waals surface area (Å²) < 4.78 is 34.4. The fraction of sp³-hybridized carbons (Fsp3) is 0.787. The van der Waals surface area contributed by atoms with Crippen molar-refractivity contribution >= 4 is 5.97 Å². The Bertz CT molecular complexity index is 1510. The number of ether oxygens (including phenoxy) is 6. The van der Waals surface area contributed by atoms with Gasteiger partial charge in [-0.3, -0.25) is 4.79 Å². The van der Waals surface area contributed by atoms with Gasteiger partial charge >= 0.3 is 5.97 Å². The molecule has 2 fully saturated rings. The molecular formula is C61H106O14. The zero-order valence-electron chi connectivity index (χ0n) is 46.5. The third-order valence-corrected chi connectivity index (χ3v) is 13.7. The fourth-order valence-electron chi connectivity index (χ4n) is 8.95. The molecule has 0 bridgehead atoms. The van der Waals surface area contributed by atoms with Crippen LogP contribution in [0.3, 0.4) is 0 Å². The first-order valence-electron chi connectivity index (χ1n) is 29.5. The van der Waals surface area contributed by atoms with Crippen molar-refractivity contribution in [1.29, 1.82) is 0 Å². The van der Waals surface area contributed by atoms with Crippen LogP contribution in [0.15, 0.2) is 72.9 Å². The minimum absolute atomic E-state index is 0.0441. The molecule has 0 spiro atoms. The molecule has 0 radical (unpaired) electrons. The van der Waals surface area contributed by atoms with Crippen LogP contribution in [0.4, 0.5) is 0 Å². The first kappa shape index (κ1) is 68.5. The molecule has 0 amide bonds. The van der Waals surface area contributed by atoms with E-state index in [0.29, 0.717) is 13.0 Å². The third-order valence-electron chi connectivity index (χ3n) is 13.7. The van der Waals surface area contributed by atoms with Crippen molar-refractivity contribution in [3.05, 3.63) is 72.9 Å². The number of hydrogen-bond acceptors (Lipinski definition) is 14. The van der Waals surface area contributed by atoms with E-state index >= 15 is 0 Å². The van der Waals surface area contributed by atoms with E-state index in [1.807, 2.05) is 0 Å². The Labute approximate surface area is 453 Å². The van der Waals surface area contributed by atoms with Gasteiger partial charge in [-0.25, -0.2) is 0 Å². The number of carbonyl (C=O) groups is 1. The van der Waals surface area contributed by atoms with E-state index < -0.39 is 86.7 Å². The van der Waals surface area contributed by atoms with Gasteiger partial charge in [-0.15, -0.1) is 0 Å².